The molecule has 4 N–H and O–H groups in total. The number of primary amides is 1. The minimum atomic E-state index is -0.813. The normalized spacial score (nSPS) is 14.6. The number of likely N-dealkylation sites (N-methyl/N-ethyl adjacent to an activating group) is 1. The number of carbonyl (C=O) groups excluding carboxylic acids is 2. The number of rotatable bonds is 5. The third kappa shape index (κ3) is 3.74. The maximum atomic E-state index is 11.6. The van der Waals surface area contributed by atoms with Crippen LogP contribution >= 0.6 is 0 Å². The minimum absolute atomic E-state index is 0.0976. The van der Waals surface area contributed by atoms with E-state index < -0.39 is 11.9 Å². The maximum Gasteiger partial charge on any atom is 0.239 e. The first kappa shape index (κ1) is 12.9. The second-order valence-corrected chi connectivity index (χ2v) is 3.48. The van der Waals surface area contributed by atoms with Crippen molar-refractivity contribution in [3.05, 3.63) is 0 Å². The summed E-state index contributed by atoms with van der Waals surface area (Å²) < 4.78 is 0. The van der Waals surface area contributed by atoms with Crippen molar-refractivity contribution in [2.75, 3.05) is 7.05 Å². The van der Waals surface area contributed by atoms with Crippen LogP contribution in [0.2, 0.25) is 0 Å². The van der Waals surface area contributed by atoms with Gasteiger partial charge >= 0.3 is 0 Å². The molecule has 82 valence electrons. The van der Waals surface area contributed by atoms with Gasteiger partial charge in [0.2, 0.25) is 11.8 Å². The predicted octanol–water partition coefficient (Wildman–Crippen LogP) is -0.554. The fourth-order valence-electron chi connectivity index (χ4n) is 1.06. The lowest BCUT2D eigenvalue weighted by Gasteiger charge is -2.26. The number of nitrogens with zero attached hydrogens (tertiary/aromatic N) is 1. The van der Waals surface area contributed by atoms with Gasteiger partial charge < -0.3 is 16.4 Å². The van der Waals surface area contributed by atoms with E-state index in [1.165, 1.54) is 0 Å². The molecule has 0 radical (unpaired) electrons. The van der Waals surface area contributed by atoms with Gasteiger partial charge in [0.15, 0.2) is 0 Å². The Balaban J connectivity index is 4.23. The zero-order valence-corrected chi connectivity index (χ0v) is 8.99. The standard InChI is InChI=1S/C9H19N3O2/c1-4-6(2)12(3)9(14)7(10)5-8(11)13/h6-7H,4-5,10H2,1-3H3,(H2,11,13). The van der Waals surface area contributed by atoms with Gasteiger partial charge in [-0.2, -0.15) is 0 Å². The summed E-state index contributed by atoms with van der Waals surface area (Å²) in [5.74, 6) is -0.790. The highest BCUT2D eigenvalue weighted by atomic mass is 16.2. The molecule has 0 saturated heterocycles. The van der Waals surface area contributed by atoms with Crippen LogP contribution < -0.4 is 11.5 Å². The average Bonchev–Trinajstić information content (AvgIpc) is 2.13. The molecule has 0 spiro atoms. The first-order valence-electron chi connectivity index (χ1n) is 4.70. The Bertz CT molecular complexity index is 218. The van der Waals surface area contributed by atoms with E-state index in [9.17, 15) is 9.59 Å². The Morgan fingerprint density at radius 1 is 1.43 bits per heavy atom. The van der Waals surface area contributed by atoms with Gasteiger partial charge in [-0.1, -0.05) is 6.92 Å². The number of hydrogen-bond acceptors (Lipinski definition) is 3. The van der Waals surface area contributed by atoms with Crippen LogP contribution in [0.1, 0.15) is 26.7 Å². The number of amides is 2. The highest BCUT2D eigenvalue weighted by Crippen LogP contribution is 2.03. The molecule has 2 amide bonds. The lowest BCUT2D eigenvalue weighted by molar-refractivity contribution is -0.135. The van der Waals surface area contributed by atoms with E-state index in [4.69, 9.17) is 11.5 Å². The van der Waals surface area contributed by atoms with Gasteiger partial charge in [-0.25, -0.2) is 0 Å². The molecule has 0 aliphatic carbocycles. The highest BCUT2D eigenvalue weighted by molar-refractivity contribution is 5.87. The van der Waals surface area contributed by atoms with Crippen molar-refractivity contribution >= 4 is 11.8 Å². The monoisotopic (exact) mass is 201 g/mol. The molecule has 0 rings (SSSR count). The van der Waals surface area contributed by atoms with E-state index in [1.54, 1.807) is 11.9 Å². The summed E-state index contributed by atoms with van der Waals surface area (Å²) in [5.41, 5.74) is 10.5. The number of nitrogens with two attached hydrogens (primary N) is 2. The molecule has 5 heteroatoms. The van der Waals surface area contributed by atoms with Crippen molar-refractivity contribution in [3.63, 3.8) is 0 Å². The molecule has 0 fully saturated rings. The largest absolute Gasteiger partial charge is 0.370 e. The van der Waals surface area contributed by atoms with E-state index in [2.05, 4.69) is 0 Å². The number of hydrogen-bond donors (Lipinski definition) is 2. The van der Waals surface area contributed by atoms with E-state index >= 15 is 0 Å². The molecule has 0 aromatic carbocycles. The highest BCUT2D eigenvalue weighted by Gasteiger charge is 2.22. The van der Waals surface area contributed by atoms with Crippen LogP contribution in [0.4, 0.5) is 0 Å². The fourth-order valence-corrected chi connectivity index (χ4v) is 1.06. The van der Waals surface area contributed by atoms with Gasteiger partial charge in [-0.15, -0.1) is 0 Å². The Kier molecular flexibility index (Phi) is 5.15. The van der Waals surface area contributed by atoms with Crippen LogP contribution in [0.25, 0.3) is 0 Å². The third-order valence-electron chi connectivity index (χ3n) is 2.34. The van der Waals surface area contributed by atoms with E-state index in [0.29, 0.717) is 0 Å². The summed E-state index contributed by atoms with van der Waals surface area (Å²) >= 11 is 0. The van der Waals surface area contributed by atoms with Gasteiger partial charge in [0.1, 0.15) is 0 Å². The van der Waals surface area contributed by atoms with E-state index in [-0.39, 0.29) is 18.4 Å². The minimum Gasteiger partial charge on any atom is -0.370 e. The van der Waals surface area contributed by atoms with Crippen LogP contribution in [0.5, 0.6) is 0 Å². The lowest BCUT2D eigenvalue weighted by Crippen LogP contribution is -2.46. The quantitative estimate of drug-likeness (QED) is 0.625. The Morgan fingerprint density at radius 2 is 1.93 bits per heavy atom. The summed E-state index contributed by atoms with van der Waals surface area (Å²) in [6.07, 6.45) is 0.755. The maximum absolute atomic E-state index is 11.6. The molecule has 0 bridgehead atoms. The molecular weight excluding hydrogens is 182 g/mol. The van der Waals surface area contributed by atoms with Crippen LogP contribution in [-0.4, -0.2) is 35.8 Å². The van der Waals surface area contributed by atoms with Crippen molar-refractivity contribution in [2.45, 2.75) is 38.8 Å². The van der Waals surface area contributed by atoms with Gasteiger partial charge in [0.05, 0.1) is 12.5 Å². The molecule has 0 aliphatic heterocycles. The zero-order chi connectivity index (χ0) is 11.3. The second-order valence-electron chi connectivity index (χ2n) is 3.48. The molecule has 0 saturated carbocycles. The summed E-state index contributed by atoms with van der Waals surface area (Å²) in [4.78, 5) is 23.7. The lowest BCUT2D eigenvalue weighted by atomic mass is 10.1. The summed E-state index contributed by atoms with van der Waals surface area (Å²) in [6.45, 7) is 3.91. The van der Waals surface area contributed by atoms with Crippen LogP contribution in [0.15, 0.2) is 0 Å². The zero-order valence-electron chi connectivity index (χ0n) is 8.99. The molecule has 0 heterocycles. The summed E-state index contributed by atoms with van der Waals surface area (Å²) in [7, 11) is 1.68. The first-order valence-corrected chi connectivity index (χ1v) is 4.70. The summed E-state index contributed by atoms with van der Waals surface area (Å²) in [6, 6.07) is -0.687. The molecule has 14 heavy (non-hydrogen) atoms. The first-order chi connectivity index (χ1) is 6.40. The van der Waals surface area contributed by atoms with Gasteiger partial charge in [-0.05, 0) is 13.3 Å². The van der Waals surface area contributed by atoms with Crippen LogP contribution in [0, 0.1) is 0 Å². The molecule has 5 nitrogen and oxygen atoms in total. The van der Waals surface area contributed by atoms with Gasteiger partial charge in [0.25, 0.3) is 0 Å². The van der Waals surface area contributed by atoms with Crippen molar-refractivity contribution in [2.24, 2.45) is 11.5 Å². The van der Waals surface area contributed by atoms with Crippen molar-refractivity contribution in [1.29, 1.82) is 0 Å². The molecule has 2 atom stereocenters. The molecule has 0 aliphatic rings. The molecule has 0 aromatic rings. The Hall–Kier alpha value is -1.10. The molecule has 2 unspecified atom stereocenters. The van der Waals surface area contributed by atoms with Crippen molar-refractivity contribution in [3.8, 4) is 0 Å². The van der Waals surface area contributed by atoms with Crippen molar-refractivity contribution in [1.82, 2.24) is 4.90 Å². The predicted molar refractivity (Wildman–Crippen MR) is 54.3 cm³/mol. The van der Waals surface area contributed by atoms with Gasteiger partial charge in [0, 0.05) is 13.1 Å². The van der Waals surface area contributed by atoms with E-state index in [1.807, 2.05) is 13.8 Å². The van der Waals surface area contributed by atoms with Crippen LogP contribution in [-0.2, 0) is 9.59 Å². The Labute approximate surface area is 84.4 Å². The SMILES string of the molecule is CCC(C)N(C)C(=O)C(N)CC(N)=O. The molecule has 0 aromatic heterocycles. The number of carbonyl (C=O) groups is 2. The topological polar surface area (TPSA) is 89.4 Å². The fraction of sp³-hybridized carbons (Fsp3) is 0.778. The van der Waals surface area contributed by atoms with Crippen molar-refractivity contribution < 1.29 is 9.59 Å². The smallest absolute Gasteiger partial charge is 0.239 e. The second kappa shape index (κ2) is 5.59. The molecular formula is C9H19N3O2. The van der Waals surface area contributed by atoms with Gasteiger partial charge in [-0.3, -0.25) is 9.59 Å². The Morgan fingerprint density at radius 3 is 2.29 bits per heavy atom. The van der Waals surface area contributed by atoms with Crippen LogP contribution in [0.3, 0.4) is 0 Å². The third-order valence-corrected chi connectivity index (χ3v) is 2.34. The summed E-state index contributed by atoms with van der Waals surface area (Å²) in [5, 5.41) is 0. The van der Waals surface area contributed by atoms with E-state index in [0.717, 1.165) is 6.42 Å². The average molecular weight is 201 g/mol.